The van der Waals surface area contributed by atoms with Crippen molar-refractivity contribution in [3.05, 3.63) is 104 Å². The van der Waals surface area contributed by atoms with Crippen LogP contribution >= 0.6 is 46.2 Å². The predicted molar refractivity (Wildman–Crippen MR) is 324 cm³/mol. The highest BCUT2D eigenvalue weighted by Crippen LogP contribution is 2.59. The smallest absolute Gasteiger partial charge is 0.391 e. The lowest BCUT2D eigenvalue weighted by atomic mass is 9.85. The molecular formula is C59H74BrF2N8O12PS2. The van der Waals surface area contributed by atoms with Crippen LogP contribution in [0, 0.1) is 17.8 Å². The maximum absolute atomic E-state index is 14.7. The zero-order valence-electron chi connectivity index (χ0n) is 48.7. The number of aryl methyl sites for hydroxylation is 1. The number of carbonyl (C=O) groups excluding carboxylic acids is 7. The zero-order valence-corrected chi connectivity index (χ0v) is 52.8. The van der Waals surface area contributed by atoms with Crippen LogP contribution in [0.4, 0.5) is 14.5 Å². The monoisotopic (exact) mass is 1300 g/mol. The minimum atomic E-state index is -5.86. The largest absolute Gasteiger partial charge is 0.399 e. The number of aromatic nitrogens is 1. The van der Waals surface area contributed by atoms with Gasteiger partial charge in [-0.2, -0.15) is 8.78 Å². The van der Waals surface area contributed by atoms with Gasteiger partial charge in [-0.3, -0.25) is 38.1 Å². The number of fused-ring (bicyclic) bond motifs is 1. The summed E-state index contributed by atoms with van der Waals surface area (Å²) in [5, 5.41) is 22.2. The highest BCUT2D eigenvalue weighted by Gasteiger charge is 2.51. The molecule has 7 N–H and O–H groups in total. The number of thiophene rings is 1. The Morgan fingerprint density at radius 2 is 1.45 bits per heavy atom. The SMILES string of the molecule is Cc1ncsc1-c1ccc(CNC(=O)[C@@H]2C[C@@H](O)CN2C(=O)C(NC(=O)CCCCCCNC(=O)CO[C@@H]2C[C@@H](C(=O)N(C)c3ccc(Br)cc3)N(C(=O)C(NC(=O)c3cc4cc(C(F)(F)P(=O)(O)O)ccc4s3)C(C)(C)C)C2)C(C)(C)C)cc1. The minimum Gasteiger partial charge on any atom is -0.391 e. The van der Waals surface area contributed by atoms with E-state index in [1.54, 1.807) is 68.9 Å². The maximum Gasteiger partial charge on any atom is 0.399 e. The molecule has 7 amide bonds. The molecule has 4 heterocycles. The van der Waals surface area contributed by atoms with Crippen LogP contribution in [0.25, 0.3) is 20.5 Å². The summed E-state index contributed by atoms with van der Waals surface area (Å²) in [6.45, 7) is 12.5. The Bertz CT molecular complexity index is 3290. The topological polar surface area (TPSA) is 277 Å². The summed E-state index contributed by atoms with van der Waals surface area (Å²) in [5.41, 5.74) is -1.92. The summed E-state index contributed by atoms with van der Waals surface area (Å²) >= 11 is 5.88. The van der Waals surface area contributed by atoms with E-state index in [0.29, 0.717) is 42.6 Å². The number of β-amino-alcohol motifs (C(OH)–C–C–N with tert-alkyl or cyclic N) is 1. The van der Waals surface area contributed by atoms with E-state index in [4.69, 9.17) is 4.74 Å². The van der Waals surface area contributed by atoms with E-state index < -0.39 is 101 Å². The maximum atomic E-state index is 14.7. The van der Waals surface area contributed by atoms with E-state index in [-0.39, 0.29) is 61.7 Å². The average molecular weight is 1300 g/mol. The lowest BCUT2D eigenvalue weighted by Crippen LogP contribution is -2.57. The van der Waals surface area contributed by atoms with E-state index >= 15 is 0 Å². The molecule has 6 atom stereocenters. The van der Waals surface area contributed by atoms with Gasteiger partial charge in [0, 0.05) is 72.9 Å². The first-order valence-electron chi connectivity index (χ1n) is 27.9. The summed E-state index contributed by atoms with van der Waals surface area (Å²) in [5.74, 6) is -3.42. The lowest BCUT2D eigenvalue weighted by molar-refractivity contribution is -0.144. The molecule has 2 aliphatic rings. The van der Waals surface area contributed by atoms with Crippen molar-refractivity contribution in [3.63, 3.8) is 0 Å². The van der Waals surface area contributed by atoms with Crippen LogP contribution in [-0.2, 0) is 50.3 Å². The molecule has 2 fully saturated rings. The van der Waals surface area contributed by atoms with Crippen molar-refractivity contribution in [1.82, 2.24) is 36.1 Å². The molecule has 2 saturated heterocycles. The van der Waals surface area contributed by atoms with Crippen molar-refractivity contribution in [1.29, 1.82) is 0 Å². The van der Waals surface area contributed by atoms with Crippen molar-refractivity contribution < 1.29 is 66.5 Å². The number of aliphatic hydroxyl groups excluding tert-OH is 1. The number of hydrogen-bond donors (Lipinski definition) is 7. The van der Waals surface area contributed by atoms with Crippen LogP contribution < -0.4 is 26.2 Å². The second-order valence-electron chi connectivity index (χ2n) is 23.7. The van der Waals surface area contributed by atoms with Gasteiger partial charge in [0.1, 0.15) is 30.8 Å². The Labute approximate surface area is 509 Å². The average Bonchev–Trinajstić information content (AvgIpc) is 2.60. The highest BCUT2D eigenvalue weighted by molar-refractivity contribution is 9.10. The fourth-order valence-corrected chi connectivity index (χ4v) is 12.7. The number of nitrogens with one attached hydrogen (secondary N) is 4. The molecule has 85 heavy (non-hydrogen) atoms. The first-order chi connectivity index (χ1) is 39.8. The van der Waals surface area contributed by atoms with Crippen molar-refractivity contribution in [3.8, 4) is 10.4 Å². The molecule has 3 aromatic carbocycles. The van der Waals surface area contributed by atoms with Gasteiger partial charge in [0.15, 0.2) is 0 Å². The molecule has 0 bridgehead atoms. The number of nitrogens with zero attached hydrogens (tertiary/aromatic N) is 4. The number of ether oxygens (including phenoxy) is 1. The normalized spacial score (nSPS) is 18.2. The lowest BCUT2D eigenvalue weighted by Gasteiger charge is -2.36. The number of unbranched alkanes of at least 4 members (excludes halogenated alkanes) is 3. The number of amides is 7. The van der Waals surface area contributed by atoms with Crippen molar-refractivity contribution in [2.75, 3.05) is 38.2 Å². The van der Waals surface area contributed by atoms with Gasteiger partial charge >= 0.3 is 13.3 Å². The number of alkyl halides is 2. The molecule has 5 aromatic rings. The molecule has 2 aliphatic heterocycles. The summed E-state index contributed by atoms with van der Waals surface area (Å²) in [7, 11) is -4.30. The Balaban J connectivity index is 0.882. The van der Waals surface area contributed by atoms with E-state index in [1.165, 1.54) is 26.8 Å². The fraction of sp³-hybridized carbons (Fsp3) is 0.492. The molecule has 460 valence electrons. The Morgan fingerprint density at radius 1 is 0.812 bits per heavy atom. The van der Waals surface area contributed by atoms with Crippen LogP contribution in [0.1, 0.15) is 113 Å². The van der Waals surface area contributed by atoms with Gasteiger partial charge in [0.2, 0.25) is 35.4 Å². The van der Waals surface area contributed by atoms with Crippen LogP contribution in [-0.4, -0.2) is 141 Å². The fourth-order valence-electron chi connectivity index (χ4n) is 10.2. The molecular weight excluding hydrogens is 1230 g/mol. The van der Waals surface area contributed by atoms with Crippen LogP contribution in [0.5, 0.6) is 0 Å². The van der Waals surface area contributed by atoms with E-state index in [2.05, 4.69) is 42.2 Å². The van der Waals surface area contributed by atoms with Gasteiger partial charge in [-0.1, -0.05) is 101 Å². The number of halogens is 3. The van der Waals surface area contributed by atoms with Gasteiger partial charge in [0.05, 0.1) is 33.2 Å². The van der Waals surface area contributed by atoms with Gasteiger partial charge in [0.25, 0.3) is 5.91 Å². The van der Waals surface area contributed by atoms with Gasteiger partial charge in [-0.05, 0) is 89.6 Å². The Morgan fingerprint density at radius 3 is 2.07 bits per heavy atom. The first kappa shape index (κ1) is 66.5. The van der Waals surface area contributed by atoms with Gasteiger partial charge in [-0.15, -0.1) is 22.7 Å². The second-order valence-corrected chi connectivity index (χ2v) is 28.2. The molecule has 7 rings (SSSR count). The van der Waals surface area contributed by atoms with E-state index in [0.717, 1.165) is 49.6 Å². The third-order valence-corrected chi connectivity index (χ3v) is 18.6. The van der Waals surface area contributed by atoms with E-state index in [1.807, 2.05) is 52.0 Å². The number of carbonyl (C=O) groups is 7. The van der Waals surface area contributed by atoms with E-state index in [9.17, 15) is 61.8 Å². The van der Waals surface area contributed by atoms with Gasteiger partial charge < -0.3 is 55.6 Å². The highest BCUT2D eigenvalue weighted by atomic mass is 79.9. The molecule has 26 heteroatoms. The number of likely N-dealkylation sites (tertiary alicyclic amines) is 2. The Hall–Kier alpha value is -6.05. The number of benzene rings is 3. The number of anilines is 1. The third-order valence-electron chi connectivity index (χ3n) is 15.0. The van der Waals surface area contributed by atoms with Gasteiger partial charge in [-0.25, -0.2) is 4.98 Å². The number of likely N-dealkylation sites (N-methyl/N-ethyl adjacent to an activating group) is 1. The zero-order chi connectivity index (χ0) is 62.3. The second kappa shape index (κ2) is 27.8. The molecule has 0 spiro atoms. The summed E-state index contributed by atoms with van der Waals surface area (Å²) in [6.07, 6.45) is 0.907. The summed E-state index contributed by atoms with van der Waals surface area (Å²) < 4.78 is 47.9. The van der Waals surface area contributed by atoms with Crippen molar-refractivity contribution >= 4 is 103 Å². The number of thiazole rings is 1. The Kier molecular flexibility index (Phi) is 21.7. The number of rotatable bonds is 23. The first-order valence-corrected chi connectivity index (χ1v) is 32.0. The molecule has 0 aliphatic carbocycles. The molecule has 20 nitrogen and oxygen atoms in total. The summed E-state index contributed by atoms with van der Waals surface area (Å²) in [4.78, 5) is 125. The standard InChI is InChI=1S/C59H74BrF2N8O12PS2/c1-34-49(84-33-65-34)36-16-14-35(15-17-36)29-64-52(74)43-27-41(71)30-69(43)55(77)50(57(2,3)4)66-47(72)13-11-9-10-12-24-63-48(73)32-82-42-28-44(54(76)68(8)40-21-19-39(60)20-22-40)70(31-42)56(78)51(58(5,6)7)67-53(75)46-26-37-25-38(18-23-45(37)85-46)59(61,62)83(79,80)81/h14-23,25-26,33,41-44,50-51,71H,9-13,24,27-32H2,1-8H3,(H,63,73)(H,64,74)(H,66,72)(H,67,75)(H2,79,80,81)/t41-,42-,43+,44+,50?,51?/m1/s1. The quantitative estimate of drug-likeness (QED) is 0.0242. The minimum absolute atomic E-state index is 0.0181. The molecule has 0 radical (unpaired) electrons. The third kappa shape index (κ3) is 16.7. The number of aliphatic hydroxyl groups is 1. The van der Waals surface area contributed by atoms with Crippen LogP contribution in [0.2, 0.25) is 0 Å². The number of hydrogen-bond acceptors (Lipinski definition) is 13. The van der Waals surface area contributed by atoms with Crippen LogP contribution in [0.15, 0.2) is 82.8 Å². The van der Waals surface area contributed by atoms with Crippen molar-refractivity contribution in [2.24, 2.45) is 10.8 Å². The predicted octanol–water partition coefficient (Wildman–Crippen LogP) is 7.99. The van der Waals surface area contributed by atoms with Crippen molar-refractivity contribution in [2.45, 2.75) is 142 Å². The van der Waals surface area contributed by atoms with Crippen LogP contribution in [0.3, 0.4) is 0 Å². The molecule has 2 unspecified atom stereocenters. The summed E-state index contributed by atoms with van der Waals surface area (Å²) in [6, 6.07) is 14.8. The molecule has 2 aromatic heterocycles. The molecule has 0 saturated carbocycles.